The molecule has 0 unspecified atom stereocenters. The molecule has 2 aliphatic rings. The summed E-state index contributed by atoms with van der Waals surface area (Å²) in [6.07, 6.45) is 5.43. The quantitative estimate of drug-likeness (QED) is 0.307. The van der Waals surface area contributed by atoms with Gasteiger partial charge in [0.15, 0.2) is 11.6 Å². The van der Waals surface area contributed by atoms with E-state index in [1.807, 2.05) is 13.8 Å². The van der Waals surface area contributed by atoms with Gasteiger partial charge in [-0.2, -0.15) is 14.3 Å². The number of methoxy groups -OCH3 is 2. The number of aromatic nitrogens is 6. The molecule has 13 nitrogen and oxygen atoms in total. The van der Waals surface area contributed by atoms with Gasteiger partial charge < -0.3 is 24.4 Å². The molecule has 2 aliphatic heterocycles. The van der Waals surface area contributed by atoms with Crippen molar-refractivity contribution in [2.45, 2.75) is 83.2 Å². The predicted octanol–water partition coefficient (Wildman–Crippen LogP) is 3.95. The topological polar surface area (TPSA) is 125 Å². The summed E-state index contributed by atoms with van der Waals surface area (Å²) in [6.45, 7) is 10.2. The molecule has 1 N–H and O–H groups in total. The number of ether oxygens (including phenoxy) is 3. The second-order valence-electron chi connectivity index (χ2n) is 12.5. The van der Waals surface area contributed by atoms with Crippen LogP contribution in [0.4, 0.5) is 21.8 Å². The Balaban J connectivity index is 1.50. The molecule has 4 atom stereocenters. The molecule has 3 aromatic rings. The van der Waals surface area contributed by atoms with Crippen LogP contribution in [0.2, 0.25) is 5.02 Å². The number of hydrogen-bond donors (Lipinski definition) is 1. The van der Waals surface area contributed by atoms with Crippen LogP contribution in [0, 0.1) is 5.82 Å². The van der Waals surface area contributed by atoms with Gasteiger partial charge in [0, 0.05) is 51.5 Å². The number of hydrogen-bond acceptors (Lipinski definition) is 11. The van der Waals surface area contributed by atoms with Crippen LogP contribution in [0.1, 0.15) is 53.4 Å². The van der Waals surface area contributed by atoms with Crippen molar-refractivity contribution in [2.24, 2.45) is 7.05 Å². The fourth-order valence-corrected chi connectivity index (χ4v) is 6.57. The highest BCUT2D eigenvalue weighted by Crippen LogP contribution is 2.41. The number of aryl methyl sites for hydroxylation is 1. The van der Waals surface area contributed by atoms with Crippen molar-refractivity contribution in [1.82, 2.24) is 34.7 Å². The number of benzene rings is 1. The smallest absolute Gasteiger partial charge is 0.368 e. The Hall–Kier alpha value is -3.33. The fourth-order valence-electron chi connectivity index (χ4n) is 6.37. The fraction of sp³-hybridized carbons (Fsp3) is 0.633. The number of halogens is 2. The molecular weight excluding hydrogens is 605 g/mol. The highest BCUT2D eigenvalue weighted by atomic mass is 35.5. The minimum atomic E-state index is -0.643. The molecule has 2 saturated heterocycles. The lowest BCUT2D eigenvalue weighted by Gasteiger charge is -2.51. The summed E-state index contributed by atoms with van der Waals surface area (Å²) in [4.78, 5) is 26.8. The maximum atomic E-state index is 15.6. The van der Waals surface area contributed by atoms with Crippen molar-refractivity contribution >= 4 is 29.1 Å². The lowest BCUT2D eigenvalue weighted by Crippen LogP contribution is -2.58. The molecule has 45 heavy (non-hydrogen) atoms. The molecule has 4 heterocycles. The average Bonchev–Trinajstić information content (AvgIpc) is 3.63. The third-order valence-corrected chi connectivity index (χ3v) is 9.12. The first kappa shape index (κ1) is 33.0. The summed E-state index contributed by atoms with van der Waals surface area (Å²) in [5.41, 5.74) is -0.306. The SMILES string of the molecule is CO[C@@H](C)COc1cc(F)c(Nc2ncc(Cl)c(N(C[C@H](C)OC)[C@@H]3C[C@H]4CCCN4C(C)(C)C3)n2)cc1-n1nnn(C)c1=O. The molecule has 0 radical (unpaired) electrons. The Morgan fingerprint density at radius 3 is 2.64 bits per heavy atom. The summed E-state index contributed by atoms with van der Waals surface area (Å²) >= 11 is 6.77. The Kier molecular flexibility index (Phi) is 9.97. The molecule has 1 aromatic carbocycles. The van der Waals surface area contributed by atoms with Gasteiger partial charge >= 0.3 is 5.69 Å². The first-order valence-corrected chi connectivity index (χ1v) is 15.6. The van der Waals surface area contributed by atoms with Gasteiger partial charge in [-0.25, -0.2) is 14.2 Å². The van der Waals surface area contributed by atoms with E-state index < -0.39 is 11.5 Å². The van der Waals surface area contributed by atoms with Crippen LogP contribution < -0.4 is 20.6 Å². The largest absolute Gasteiger partial charge is 0.489 e. The monoisotopic (exact) mass is 647 g/mol. The lowest BCUT2D eigenvalue weighted by molar-refractivity contribution is 0.0404. The standard InChI is InChI=1S/C30H43ClFN9O4/c1-18(43-6)16-39(21-11-20-9-8-10-40(20)30(3,4)14-21)27-22(31)15-33-28(35-27)34-24-13-25(41-29(42)38(5)36-37-41)26(12-23(24)32)45-17-19(2)44-7/h12-13,15,18-21H,8-11,14,16-17H2,1-7H3,(H,33,34,35)/t18-,19-,20+,21+/m0/s1. The molecule has 0 spiro atoms. The van der Waals surface area contributed by atoms with Crippen LogP contribution in [0.25, 0.3) is 5.69 Å². The second-order valence-corrected chi connectivity index (χ2v) is 12.9. The van der Waals surface area contributed by atoms with Crippen LogP contribution in [-0.2, 0) is 16.5 Å². The van der Waals surface area contributed by atoms with Gasteiger partial charge in [0.2, 0.25) is 5.95 Å². The predicted molar refractivity (Wildman–Crippen MR) is 169 cm³/mol. The molecule has 5 rings (SSSR count). The second kappa shape index (κ2) is 13.6. The van der Waals surface area contributed by atoms with Crippen LogP contribution in [0.5, 0.6) is 5.75 Å². The van der Waals surface area contributed by atoms with E-state index in [1.165, 1.54) is 38.2 Å². The van der Waals surface area contributed by atoms with Crippen LogP contribution in [0.15, 0.2) is 23.1 Å². The molecule has 0 saturated carbocycles. The van der Waals surface area contributed by atoms with Gasteiger partial charge in [0.25, 0.3) is 0 Å². The van der Waals surface area contributed by atoms with Crippen LogP contribution >= 0.6 is 11.6 Å². The first-order valence-electron chi connectivity index (χ1n) is 15.3. The Labute approximate surface area is 267 Å². The molecule has 0 bridgehead atoms. The lowest BCUT2D eigenvalue weighted by atomic mass is 9.83. The van der Waals surface area contributed by atoms with E-state index in [-0.39, 0.29) is 53.5 Å². The van der Waals surface area contributed by atoms with E-state index in [2.05, 4.69) is 44.4 Å². The molecule has 2 aromatic heterocycles. The van der Waals surface area contributed by atoms with Gasteiger partial charge in [-0.3, -0.25) is 4.90 Å². The molecule has 2 fully saturated rings. The number of tetrazole rings is 1. The normalized spacial score (nSPS) is 20.9. The van der Waals surface area contributed by atoms with E-state index in [0.29, 0.717) is 23.4 Å². The van der Waals surface area contributed by atoms with Gasteiger partial charge in [0.1, 0.15) is 23.1 Å². The van der Waals surface area contributed by atoms with E-state index >= 15 is 4.39 Å². The van der Waals surface area contributed by atoms with E-state index in [9.17, 15) is 4.79 Å². The van der Waals surface area contributed by atoms with Crippen molar-refractivity contribution in [1.29, 1.82) is 0 Å². The Bertz CT molecular complexity index is 1550. The van der Waals surface area contributed by atoms with Gasteiger partial charge in [-0.05, 0) is 76.4 Å². The third kappa shape index (κ3) is 7.08. The summed E-state index contributed by atoms with van der Waals surface area (Å²) in [5.74, 6) is 0.142. The Morgan fingerprint density at radius 2 is 1.96 bits per heavy atom. The maximum Gasteiger partial charge on any atom is 0.368 e. The molecule has 15 heteroatoms. The minimum absolute atomic E-state index is 0.0140. The zero-order chi connectivity index (χ0) is 32.5. The summed E-state index contributed by atoms with van der Waals surface area (Å²) in [7, 11) is 4.71. The number of anilines is 3. The van der Waals surface area contributed by atoms with E-state index in [4.69, 9.17) is 30.8 Å². The maximum absolute atomic E-state index is 15.6. The number of fused-ring (bicyclic) bond motifs is 1. The number of nitrogens with zero attached hydrogens (tertiary/aromatic N) is 8. The van der Waals surface area contributed by atoms with E-state index in [0.717, 1.165) is 28.8 Å². The summed E-state index contributed by atoms with van der Waals surface area (Å²) in [6, 6.07) is 3.25. The first-order chi connectivity index (χ1) is 21.4. The van der Waals surface area contributed by atoms with Crippen molar-refractivity contribution in [3.05, 3.63) is 39.7 Å². The van der Waals surface area contributed by atoms with Crippen molar-refractivity contribution in [2.75, 3.05) is 44.1 Å². The van der Waals surface area contributed by atoms with Crippen molar-refractivity contribution in [3.8, 4) is 11.4 Å². The van der Waals surface area contributed by atoms with Crippen molar-refractivity contribution < 1.29 is 18.6 Å². The third-order valence-electron chi connectivity index (χ3n) is 8.85. The molecule has 0 amide bonds. The van der Waals surface area contributed by atoms with Gasteiger partial charge in [-0.1, -0.05) is 11.6 Å². The minimum Gasteiger partial charge on any atom is -0.489 e. The molecule has 246 valence electrons. The zero-order valence-electron chi connectivity index (χ0n) is 27.0. The molecule has 0 aliphatic carbocycles. The summed E-state index contributed by atoms with van der Waals surface area (Å²) < 4.78 is 34.4. The average molecular weight is 648 g/mol. The Morgan fingerprint density at radius 1 is 1.20 bits per heavy atom. The number of rotatable bonds is 12. The highest BCUT2D eigenvalue weighted by molar-refractivity contribution is 6.32. The van der Waals surface area contributed by atoms with Gasteiger partial charge in [0.05, 0.1) is 24.1 Å². The van der Waals surface area contributed by atoms with Crippen LogP contribution in [0.3, 0.4) is 0 Å². The number of piperidine rings is 1. The highest BCUT2D eigenvalue weighted by Gasteiger charge is 2.45. The van der Waals surface area contributed by atoms with Crippen molar-refractivity contribution in [3.63, 3.8) is 0 Å². The summed E-state index contributed by atoms with van der Waals surface area (Å²) in [5, 5.41) is 11.1. The number of nitrogens with one attached hydrogen (secondary N) is 1. The molecular formula is C30H43ClFN9O4. The van der Waals surface area contributed by atoms with Gasteiger partial charge in [-0.15, -0.1) is 0 Å². The van der Waals surface area contributed by atoms with E-state index in [1.54, 1.807) is 14.2 Å². The zero-order valence-corrected chi connectivity index (χ0v) is 27.7. The van der Waals surface area contributed by atoms with Crippen LogP contribution in [-0.4, -0.2) is 98.4 Å².